The largest absolute Gasteiger partial charge is 0.487 e. The summed E-state index contributed by atoms with van der Waals surface area (Å²) in [5, 5.41) is 0. The fourth-order valence-electron chi connectivity index (χ4n) is 2.26. The summed E-state index contributed by atoms with van der Waals surface area (Å²) in [6.07, 6.45) is 3.08. The van der Waals surface area contributed by atoms with Crippen molar-refractivity contribution in [3.05, 3.63) is 18.3 Å². The second-order valence-electron chi connectivity index (χ2n) is 5.37. The van der Waals surface area contributed by atoms with Gasteiger partial charge in [-0.25, -0.2) is 4.98 Å². The average molecular weight is 249 g/mol. The molecule has 100 valence electrons. The molecule has 1 saturated heterocycles. The average Bonchev–Trinajstić information content (AvgIpc) is 2.33. The van der Waals surface area contributed by atoms with Crippen LogP contribution in [-0.4, -0.2) is 30.2 Å². The number of pyridine rings is 1. The molecule has 1 aromatic rings. The fraction of sp³-hybridized carbons (Fsp3) is 0.643. The molecular formula is C14H23N3O. The fourth-order valence-corrected chi connectivity index (χ4v) is 2.26. The van der Waals surface area contributed by atoms with Gasteiger partial charge in [0.1, 0.15) is 0 Å². The Morgan fingerprint density at radius 1 is 1.50 bits per heavy atom. The molecule has 0 amide bonds. The number of piperidine rings is 1. The van der Waals surface area contributed by atoms with Crippen LogP contribution in [0.1, 0.15) is 27.2 Å². The molecule has 2 atom stereocenters. The molecule has 2 heterocycles. The molecule has 18 heavy (non-hydrogen) atoms. The first kappa shape index (κ1) is 13.1. The van der Waals surface area contributed by atoms with Crippen LogP contribution < -0.4 is 15.4 Å². The van der Waals surface area contributed by atoms with Gasteiger partial charge in [-0.15, -0.1) is 0 Å². The third kappa shape index (κ3) is 2.93. The van der Waals surface area contributed by atoms with Crippen LogP contribution in [0.15, 0.2) is 18.3 Å². The molecule has 4 nitrogen and oxygen atoms in total. The Kier molecular flexibility index (Phi) is 4.07. The van der Waals surface area contributed by atoms with Crippen molar-refractivity contribution in [3.8, 4) is 5.75 Å². The molecule has 0 saturated carbocycles. The SMILES string of the molecule is CC(C)Oc1cccnc1N1CCC(C)C(N)C1. The van der Waals surface area contributed by atoms with Crippen LogP contribution in [-0.2, 0) is 0 Å². The Bertz CT molecular complexity index is 394. The highest BCUT2D eigenvalue weighted by atomic mass is 16.5. The normalized spacial score (nSPS) is 24.4. The van der Waals surface area contributed by atoms with Crippen LogP contribution in [0.25, 0.3) is 0 Å². The van der Waals surface area contributed by atoms with Gasteiger partial charge in [0, 0.05) is 25.3 Å². The van der Waals surface area contributed by atoms with Gasteiger partial charge in [0.2, 0.25) is 0 Å². The second kappa shape index (κ2) is 5.57. The minimum atomic E-state index is 0.158. The Balaban J connectivity index is 2.17. The molecule has 0 aliphatic carbocycles. The van der Waals surface area contributed by atoms with Crippen molar-refractivity contribution < 1.29 is 4.74 Å². The predicted molar refractivity (Wildman–Crippen MR) is 74.0 cm³/mol. The summed E-state index contributed by atoms with van der Waals surface area (Å²) in [7, 11) is 0. The first-order valence-electron chi connectivity index (χ1n) is 6.70. The van der Waals surface area contributed by atoms with E-state index in [1.54, 1.807) is 0 Å². The number of anilines is 1. The number of nitrogens with zero attached hydrogens (tertiary/aromatic N) is 2. The van der Waals surface area contributed by atoms with Crippen LogP contribution in [0, 0.1) is 5.92 Å². The summed E-state index contributed by atoms with van der Waals surface area (Å²) in [5.74, 6) is 2.36. The van der Waals surface area contributed by atoms with Crippen molar-refractivity contribution in [1.82, 2.24) is 4.98 Å². The van der Waals surface area contributed by atoms with Crippen LogP contribution in [0.2, 0.25) is 0 Å². The molecule has 2 N–H and O–H groups in total. The highest BCUT2D eigenvalue weighted by Gasteiger charge is 2.25. The van der Waals surface area contributed by atoms with Gasteiger partial charge in [-0.1, -0.05) is 6.92 Å². The molecule has 1 aromatic heterocycles. The molecule has 0 radical (unpaired) electrons. The zero-order valence-electron chi connectivity index (χ0n) is 11.5. The molecule has 1 aliphatic rings. The monoisotopic (exact) mass is 249 g/mol. The summed E-state index contributed by atoms with van der Waals surface area (Å²) >= 11 is 0. The molecule has 2 unspecified atom stereocenters. The van der Waals surface area contributed by atoms with Gasteiger partial charge >= 0.3 is 0 Å². The summed E-state index contributed by atoms with van der Waals surface area (Å²) in [6, 6.07) is 4.10. The lowest BCUT2D eigenvalue weighted by atomic mass is 9.94. The lowest BCUT2D eigenvalue weighted by molar-refractivity contribution is 0.241. The number of nitrogens with two attached hydrogens (primary N) is 1. The Morgan fingerprint density at radius 2 is 2.28 bits per heavy atom. The smallest absolute Gasteiger partial charge is 0.171 e. The van der Waals surface area contributed by atoms with Crippen LogP contribution in [0.3, 0.4) is 0 Å². The molecule has 0 spiro atoms. The van der Waals surface area contributed by atoms with E-state index in [9.17, 15) is 0 Å². The van der Waals surface area contributed by atoms with E-state index in [4.69, 9.17) is 10.5 Å². The summed E-state index contributed by atoms with van der Waals surface area (Å²) in [5.41, 5.74) is 6.15. The van der Waals surface area contributed by atoms with E-state index in [-0.39, 0.29) is 12.1 Å². The summed E-state index contributed by atoms with van der Waals surface area (Å²) in [4.78, 5) is 6.70. The topological polar surface area (TPSA) is 51.4 Å². The van der Waals surface area contributed by atoms with E-state index in [2.05, 4.69) is 16.8 Å². The quantitative estimate of drug-likeness (QED) is 0.890. The van der Waals surface area contributed by atoms with Gasteiger partial charge in [-0.3, -0.25) is 0 Å². The van der Waals surface area contributed by atoms with Crippen molar-refractivity contribution >= 4 is 5.82 Å². The zero-order chi connectivity index (χ0) is 13.1. The van der Waals surface area contributed by atoms with Crippen molar-refractivity contribution in [2.45, 2.75) is 39.3 Å². The molecule has 1 aliphatic heterocycles. The molecule has 4 heteroatoms. The molecular weight excluding hydrogens is 226 g/mol. The minimum absolute atomic E-state index is 0.158. The van der Waals surface area contributed by atoms with Crippen molar-refractivity contribution in [2.24, 2.45) is 11.7 Å². The Morgan fingerprint density at radius 3 is 2.94 bits per heavy atom. The first-order valence-corrected chi connectivity index (χ1v) is 6.70. The maximum absolute atomic E-state index is 6.15. The van der Waals surface area contributed by atoms with Crippen LogP contribution >= 0.6 is 0 Å². The van der Waals surface area contributed by atoms with Gasteiger partial charge in [0.25, 0.3) is 0 Å². The van der Waals surface area contributed by atoms with E-state index in [0.717, 1.165) is 31.1 Å². The van der Waals surface area contributed by atoms with Gasteiger partial charge in [-0.05, 0) is 38.3 Å². The Hall–Kier alpha value is -1.29. The third-order valence-electron chi connectivity index (χ3n) is 3.43. The van der Waals surface area contributed by atoms with Gasteiger partial charge in [0.15, 0.2) is 11.6 Å². The van der Waals surface area contributed by atoms with Crippen LogP contribution in [0.4, 0.5) is 5.82 Å². The highest BCUT2D eigenvalue weighted by Crippen LogP contribution is 2.29. The maximum Gasteiger partial charge on any atom is 0.171 e. The zero-order valence-corrected chi connectivity index (χ0v) is 11.5. The lowest BCUT2D eigenvalue weighted by Gasteiger charge is -2.36. The molecule has 0 aromatic carbocycles. The third-order valence-corrected chi connectivity index (χ3v) is 3.43. The van der Waals surface area contributed by atoms with Crippen molar-refractivity contribution in [1.29, 1.82) is 0 Å². The van der Waals surface area contributed by atoms with E-state index in [1.807, 2.05) is 32.2 Å². The molecule has 2 rings (SSSR count). The summed E-state index contributed by atoms with van der Waals surface area (Å²) in [6.45, 7) is 8.13. The van der Waals surface area contributed by atoms with Gasteiger partial charge in [0.05, 0.1) is 6.10 Å². The van der Waals surface area contributed by atoms with E-state index < -0.39 is 0 Å². The Labute approximate surface area is 109 Å². The van der Waals surface area contributed by atoms with E-state index >= 15 is 0 Å². The van der Waals surface area contributed by atoms with Crippen LogP contribution in [0.5, 0.6) is 5.75 Å². The number of hydrogen-bond acceptors (Lipinski definition) is 4. The van der Waals surface area contributed by atoms with Crippen molar-refractivity contribution in [3.63, 3.8) is 0 Å². The number of rotatable bonds is 3. The van der Waals surface area contributed by atoms with E-state index in [0.29, 0.717) is 5.92 Å². The standard InChI is InChI=1S/C14H23N3O/c1-10(2)18-13-5-4-7-16-14(13)17-8-6-11(3)12(15)9-17/h4-5,7,10-12H,6,8-9,15H2,1-3H3. The number of ether oxygens (including phenoxy) is 1. The minimum Gasteiger partial charge on any atom is -0.487 e. The van der Waals surface area contributed by atoms with Crippen molar-refractivity contribution in [2.75, 3.05) is 18.0 Å². The predicted octanol–water partition coefficient (Wildman–Crippen LogP) is 2.04. The maximum atomic E-state index is 6.15. The number of hydrogen-bond donors (Lipinski definition) is 1. The van der Waals surface area contributed by atoms with Gasteiger partial charge < -0.3 is 15.4 Å². The molecule has 1 fully saturated rings. The summed E-state index contributed by atoms with van der Waals surface area (Å²) < 4.78 is 5.82. The molecule has 0 bridgehead atoms. The first-order chi connectivity index (χ1) is 8.58. The second-order valence-corrected chi connectivity index (χ2v) is 5.37. The van der Waals surface area contributed by atoms with Gasteiger partial charge in [-0.2, -0.15) is 0 Å². The highest BCUT2D eigenvalue weighted by molar-refractivity contribution is 5.52. The lowest BCUT2D eigenvalue weighted by Crippen LogP contribution is -2.48. The van der Waals surface area contributed by atoms with E-state index in [1.165, 1.54) is 0 Å². The number of aromatic nitrogens is 1.